The van der Waals surface area contributed by atoms with E-state index >= 15 is 4.39 Å². The molecule has 2 aromatic carbocycles. The largest absolute Gasteiger partial charge is 0.369 e. The monoisotopic (exact) mass is 859 g/mol. The Hall–Kier alpha value is -6.51. The number of carbonyl (C=O) groups is 5. The second-order valence-electron chi connectivity index (χ2n) is 16.4. The van der Waals surface area contributed by atoms with E-state index in [1.54, 1.807) is 30.3 Å². The number of rotatable bonds is 9. The molecule has 62 heavy (non-hydrogen) atoms. The molecule has 18 heteroatoms. The standard InChI is InChI=1S/C44H43ClFN11O5/c45-34-20-29(6-3-26(34)21-47)56-14-13-31-35(23-56)48-24-49-40(31)52-37-11-9-32(39(46)51-37)41(59)50-27-4-1-25(2-5-27)22-54-15-17-55(18-16-54)28-7-8-30-33(19-28)44(62)57(43(30)61)36-10-12-38(58)53-42(36)60/h3,6-9,11,19-20,24-25,27,36H,1-2,4-5,10,12-18,22-23H2,(H,50,59)(H,53,58,60)(H,48,49,51,52). The number of anilines is 4. The molecule has 3 fully saturated rings. The summed E-state index contributed by atoms with van der Waals surface area (Å²) in [5.74, 6) is -2.23. The summed E-state index contributed by atoms with van der Waals surface area (Å²) in [4.78, 5) is 84.4. The van der Waals surface area contributed by atoms with Crippen molar-refractivity contribution in [2.45, 2.75) is 63.6 Å². The highest BCUT2D eigenvalue weighted by Crippen LogP contribution is 2.33. The van der Waals surface area contributed by atoms with Gasteiger partial charge < -0.3 is 20.4 Å². The molecule has 1 aliphatic carbocycles. The second-order valence-corrected chi connectivity index (χ2v) is 16.8. The number of fused-ring (bicyclic) bond motifs is 2. The first-order valence-corrected chi connectivity index (χ1v) is 21.3. The maximum absolute atomic E-state index is 15.3. The van der Waals surface area contributed by atoms with E-state index in [0.717, 1.165) is 85.9 Å². The topological polar surface area (TPSA) is 197 Å². The molecule has 3 N–H and O–H groups in total. The third-order valence-corrected chi connectivity index (χ3v) is 13.0. The number of hydrogen-bond donors (Lipinski definition) is 3. The number of nitriles is 1. The fourth-order valence-electron chi connectivity index (χ4n) is 9.23. The quantitative estimate of drug-likeness (QED) is 0.159. The van der Waals surface area contributed by atoms with Gasteiger partial charge in [0.2, 0.25) is 17.8 Å². The average Bonchev–Trinajstić information content (AvgIpc) is 3.52. The number of piperazine rings is 1. The Morgan fingerprint density at radius 1 is 0.871 bits per heavy atom. The summed E-state index contributed by atoms with van der Waals surface area (Å²) in [6.07, 6.45) is 5.68. The number of nitrogens with one attached hydrogen (secondary N) is 3. The number of amides is 5. The van der Waals surface area contributed by atoms with E-state index in [1.807, 2.05) is 12.1 Å². The van der Waals surface area contributed by atoms with E-state index in [2.05, 4.69) is 51.7 Å². The van der Waals surface area contributed by atoms with Crippen LogP contribution in [0.15, 0.2) is 54.9 Å². The summed E-state index contributed by atoms with van der Waals surface area (Å²) in [6.45, 7) is 5.23. The number of benzene rings is 2. The molecule has 0 radical (unpaired) electrons. The first kappa shape index (κ1) is 40.9. The fraction of sp³-hybridized carbons (Fsp3) is 0.386. The molecule has 1 saturated carbocycles. The van der Waals surface area contributed by atoms with Crippen molar-refractivity contribution in [1.82, 2.24) is 35.4 Å². The summed E-state index contributed by atoms with van der Waals surface area (Å²) < 4.78 is 15.3. The van der Waals surface area contributed by atoms with Crippen LogP contribution in [0.2, 0.25) is 5.02 Å². The van der Waals surface area contributed by atoms with Crippen molar-refractivity contribution in [3.63, 3.8) is 0 Å². The van der Waals surface area contributed by atoms with Crippen molar-refractivity contribution in [2.24, 2.45) is 5.92 Å². The van der Waals surface area contributed by atoms with Crippen molar-refractivity contribution < 1.29 is 28.4 Å². The molecule has 6 heterocycles. The molecule has 9 rings (SSSR count). The Kier molecular flexibility index (Phi) is 11.3. The van der Waals surface area contributed by atoms with Crippen molar-refractivity contribution in [3.8, 4) is 6.07 Å². The van der Waals surface area contributed by atoms with E-state index in [1.165, 1.54) is 12.4 Å². The lowest BCUT2D eigenvalue weighted by molar-refractivity contribution is -0.136. The number of nitrogens with zero attached hydrogens (tertiary/aromatic N) is 8. The molecule has 16 nitrogen and oxygen atoms in total. The molecule has 2 aromatic heterocycles. The Morgan fingerprint density at radius 3 is 2.37 bits per heavy atom. The smallest absolute Gasteiger partial charge is 0.262 e. The first-order chi connectivity index (χ1) is 30.0. The van der Waals surface area contributed by atoms with Crippen molar-refractivity contribution in [1.29, 1.82) is 5.26 Å². The van der Waals surface area contributed by atoms with Gasteiger partial charge in [0.25, 0.3) is 17.7 Å². The lowest BCUT2D eigenvalue weighted by atomic mass is 9.85. The lowest BCUT2D eigenvalue weighted by Crippen LogP contribution is -2.54. The van der Waals surface area contributed by atoms with Gasteiger partial charge in [0.05, 0.1) is 39.5 Å². The van der Waals surface area contributed by atoms with Gasteiger partial charge in [-0.1, -0.05) is 11.6 Å². The maximum atomic E-state index is 15.3. The normalized spacial score (nSPS) is 21.6. The van der Waals surface area contributed by atoms with Gasteiger partial charge in [-0.05, 0) is 93.0 Å². The second kappa shape index (κ2) is 17.1. The van der Waals surface area contributed by atoms with Gasteiger partial charge in [-0.2, -0.15) is 9.65 Å². The van der Waals surface area contributed by atoms with E-state index in [0.29, 0.717) is 41.8 Å². The number of halogens is 2. The summed E-state index contributed by atoms with van der Waals surface area (Å²) in [5.41, 5.74) is 4.24. The van der Waals surface area contributed by atoms with Crippen LogP contribution in [0.1, 0.15) is 86.4 Å². The zero-order valence-electron chi connectivity index (χ0n) is 33.7. The van der Waals surface area contributed by atoms with Crippen LogP contribution in [-0.2, 0) is 22.6 Å². The molecule has 2 saturated heterocycles. The predicted octanol–water partition coefficient (Wildman–Crippen LogP) is 4.35. The minimum Gasteiger partial charge on any atom is -0.369 e. The average molecular weight is 860 g/mol. The number of carbonyl (C=O) groups excluding carboxylic acids is 5. The summed E-state index contributed by atoms with van der Waals surface area (Å²) in [6, 6.07) is 14.6. The third-order valence-electron chi connectivity index (χ3n) is 12.6. The molecule has 4 aliphatic heterocycles. The molecule has 0 bridgehead atoms. The zero-order chi connectivity index (χ0) is 43.1. The minimum atomic E-state index is -0.998. The SMILES string of the molecule is N#Cc1ccc(N2CCc3c(ncnc3Nc3ccc(C(=O)NC4CCC(CN5CCN(c6ccc7c(c6)C(=O)N(C6CCC(=O)NC6=O)C7=O)CC5)CC4)c(F)n3)C2)cc1Cl. The van der Waals surface area contributed by atoms with Crippen LogP contribution in [0, 0.1) is 23.2 Å². The van der Waals surface area contributed by atoms with Crippen LogP contribution in [0.5, 0.6) is 0 Å². The summed E-state index contributed by atoms with van der Waals surface area (Å²) >= 11 is 6.27. The minimum absolute atomic E-state index is 0.0690. The van der Waals surface area contributed by atoms with Crippen molar-refractivity contribution in [3.05, 3.63) is 99.3 Å². The van der Waals surface area contributed by atoms with Gasteiger partial charge in [0, 0.05) is 68.7 Å². The Bertz CT molecular complexity index is 2530. The van der Waals surface area contributed by atoms with Gasteiger partial charge in [-0.15, -0.1) is 0 Å². The number of aromatic nitrogens is 3. The van der Waals surface area contributed by atoms with Crippen LogP contribution < -0.4 is 25.8 Å². The summed E-state index contributed by atoms with van der Waals surface area (Å²) in [7, 11) is 0. The highest BCUT2D eigenvalue weighted by Gasteiger charge is 2.45. The molecule has 1 atom stereocenters. The van der Waals surface area contributed by atoms with Crippen molar-refractivity contribution in [2.75, 3.05) is 54.4 Å². The number of pyridine rings is 1. The fourth-order valence-corrected chi connectivity index (χ4v) is 9.45. The molecule has 0 spiro atoms. The van der Waals surface area contributed by atoms with Gasteiger partial charge in [-0.25, -0.2) is 15.0 Å². The molecular weight excluding hydrogens is 817 g/mol. The number of imide groups is 2. The molecule has 318 valence electrons. The van der Waals surface area contributed by atoms with Crippen LogP contribution in [0.25, 0.3) is 0 Å². The molecule has 1 unspecified atom stereocenters. The van der Waals surface area contributed by atoms with Crippen molar-refractivity contribution >= 4 is 64.1 Å². The number of hydrogen-bond acceptors (Lipinski definition) is 13. The van der Waals surface area contributed by atoms with E-state index < -0.39 is 41.5 Å². The molecule has 5 amide bonds. The number of piperidine rings is 1. The Morgan fingerprint density at radius 2 is 1.63 bits per heavy atom. The third kappa shape index (κ3) is 8.15. The molecule has 5 aliphatic rings. The summed E-state index contributed by atoms with van der Waals surface area (Å²) in [5, 5.41) is 18.0. The van der Waals surface area contributed by atoms with Gasteiger partial charge in [0.15, 0.2) is 0 Å². The predicted molar refractivity (Wildman–Crippen MR) is 225 cm³/mol. The highest BCUT2D eigenvalue weighted by atomic mass is 35.5. The van der Waals surface area contributed by atoms with Gasteiger partial charge >= 0.3 is 0 Å². The first-order valence-electron chi connectivity index (χ1n) is 20.9. The van der Waals surface area contributed by atoms with Crippen LogP contribution in [0.3, 0.4) is 0 Å². The zero-order valence-corrected chi connectivity index (χ0v) is 34.5. The Balaban J connectivity index is 0.730. The highest BCUT2D eigenvalue weighted by molar-refractivity contribution is 6.32. The van der Waals surface area contributed by atoms with Gasteiger partial charge in [-0.3, -0.25) is 39.1 Å². The lowest BCUT2D eigenvalue weighted by Gasteiger charge is -2.39. The Labute approximate surface area is 361 Å². The molecule has 4 aromatic rings. The maximum Gasteiger partial charge on any atom is 0.262 e. The molecular formula is C44H43ClFN11O5. The van der Waals surface area contributed by atoms with Crippen LogP contribution >= 0.6 is 11.6 Å². The van der Waals surface area contributed by atoms with Gasteiger partial charge in [0.1, 0.15) is 30.1 Å². The van der Waals surface area contributed by atoms with E-state index in [4.69, 9.17) is 11.6 Å². The van der Waals surface area contributed by atoms with E-state index in [-0.39, 0.29) is 41.4 Å². The van der Waals surface area contributed by atoms with Crippen LogP contribution in [-0.4, -0.2) is 106 Å². The van der Waals surface area contributed by atoms with E-state index in [9.17, 15) is 29.2 Å². The van der Waals surface area contributed by atoms with Crippen LogP contribution in [0.4, 0.5) is 27.4 Å².